The van der Waals surface area contributed by atoms with Crippen LogP contribution in [0.2, 0.25) is 0 Å². The van der Waals surface area contributed by atoms with Gasteiger partial charge in [0, 0.05) is 11.6 Å². The fourth-order valence-corrected chi connectivity index (χ4v) is 1.64. The van der Waals surface area contributed by atoms with E-state index in [9.17, 15) is 21.6 Å². The van der Waals surface area contributed by atoms with E-state index in [4.69, 9.17) is 4.74 Å². The highest BCUT2D eigenvalue weighted by atomic mass is 32.2. The summed E-state index contributed by atoms with van der Waals surface area (Å²) in [5.41, 5.74) is -0.502. The maximum atomic E-state index is 12.1. The Hall–Kier alpha value is -1.84. The fraction of sp³-hybridized carbons (Fsp3) is 0.250. The number of halogens is 3. The average molecular weight is 284 g/mol. The lowest BCUT2D eigenvalue weighted by Crippen LogP contribution is -2.38. The van der Waals surface area contributed by atoms with Crippen molar-refractivity contribution in [2.45, 2.75) is 11.9 Å². The lowest BCUT2D eigenvalue weighted by atomic mass is 10.1. The molecule has 2 rings (SSSR count). The van der Waals surface area contributed by atoms with Crippen molar-refractivity contribution in [3.63, 3.8) is 0 Å². The second kappa shape index (κ2) is 4.12. The van der Waals surface area contributed by atoms with Crippen LogP contribution >= 0.6 is 0 Å². The van der Waals surface area contributed by atoms with Gasteiger partial charge in [-0.25, -0.2) is 0 Å². The summed E-state index contributed by atoms with van der Waals surface area (Å²) in [7, 11) is -5.69. The molecule has 0 saturated heterocycles. The molecule has 10 heteroatoms. The normalized spacial score (nSPS) is 19.2. The third-order valence-corrected chi connectivity index (χ3v) is 2.96. The molecule has 0 aromatic carbocycles. The third kappa shape index (κ3) is 2.37. The summed E-state index contributed by atoms with van der Waals surface area (Å²) in [5, 5.41) is 0. The molecule has 0 spiro atoms. The van der Waals surface area contributed by atoms with Crippen LogP contribution in [0.15, 0.2) is 35.8 Å². The van der Waals surface area contributed by atoms with E-state index in [2.05, 4.69) is 15.0 Å². The smallest absolute Gasteiger partial charge is 0.447 e. The molecule has 2 aliphatic heterocycles. The molecule has 18 heavy (non-hydrogen) atoms. The second-order valence-electron chi connectivity index (χ2n) is 3.29. The Kier molecular flexibility index (Phi) is 2.89. The fourth-order valence-electron chi connectivity index (χ4n) is 1.22. The highest BCUT2D eigenvalue weighted by Gasteiger charge is 2.49. The molecule has 0 aromatic rings. The zero-order chi connectivity index (χ0) is 13.4. The van der Waals surface area contributed by atoms with Gasteiger partial charge in [-0.15, -0.1) is 0 Å². The minimum atomic E-state index is -5.69. The number of nitrogens with one attached hydrogen (secondary N) is 2. The lowest BCUT2D eigenvalue weighted by molar-refractivity contribution is -0.0526. The number of rotatable bonds is 2. The first-order valence-electron chi connectivity index (χ1n) is 4.59. The number of ether oxygens (including phenoxy) is 1. The Labute approximate surface area is 99.8 Å². The quantitative estimate of drug-likeness (QED) is 0.580. The molecule has 0 unspecified atom stereocenters. The van der Waals surface area contributed by atoms with Crippen molar-refractivity contribution < 1.29 is 30.5 Å². The molecule has 2 aliphatic rings. The Balaban J connectivity index is 2.18. The van der Waals surface area contributed by atoms with Gasteiger partial charge in [0.05, 0.1) is 6.26 Å². The van der Waals surface area contributed by atoms with Crippen molar-refractivity contribution in [1.82, 2.24) is 10.9 Å². The molecule has 0 aromatic heterocycles. The predicted molar refractivity (Wildman–Crippen MR) is 52.3 cm³/mol. The Morgan fingerprint density at radius 2 is 2.06 bits per heavy atom. The highest BCUT2D eigenvalue weighted by molar-refractivity contribution is 7.87. The molecule has 2 heterocycles. The van der Waals surface area contributed by atoms with Crippen molar-refractivity contribution in [1.29, 1.82) is 0 Å². The van der Waals surface area contributed by atoms with Crippen molar-refractivity contribution in [2.75, 3.05) is 0 Å². The zero-order valence-corrected chi connectivity index (χ0v) is 9.43. The van der Waals surface area contributed by atoms with Gasteiger partial charge in [-0.2, -0.15) is 21.6 Å². The standard InChI is InChI=1S/C8H7F3N2O4S/c9-8(10,11)18(14,15)17-6-4-5-2-1-3-16-7(5)13-12-6/h1,3-4,12-13H,2H2. The molecule has 0 atom stereocenters. The van der Waals surface area contributed by atoms with E-state index in [-0.39, 0.29) is 5.88 Å². The number of allylic oxidation sites excluding steroid dienone is 3. The molecule has 0 bridgehead atoms. The van der Waals surface area contributed by atoms with E-state index >= 15 is 0 Å². The SMILES string of the molecule is O=S(=O)(OC1=CC2=C(NN1)OC=CC2)C(F)(F)F. The first-order valence-corrected chi connectivity index (χ1v) is 6.00. The Morgan fingerprint density at radius 3 is 2.72 bits per heavy atom. The molecule has 0 saturated carbocycles. The maximum absolute atomic E-state index is 12.1. The summed E-state index contributed by atoms with van der Waals surface area (Å²) in [5.74, 6) is -0.306. The Bertz CT molecular complexity index is 547. The Morgan fingerprint density at radius 1 is 1.33 bits per heavy atom. The second-order valence-corrected chi connectivity index (χ2v) is 4.83. The van der Waals surface area contributed by atoms with Crippen molar-refractivity contribution in [2.24, 2.45) is 0 Å². The molecule has 6 nitrogen and oxygen atoms in total. The van der Waals surface area contributed by atoms with E-state index in [1.165, 1.54) is 6.26 Å². The first kappa shape index (κ1) is 12.6. The highest BCUT2D eigenvalue weighted by Crippen LogP contribution is 2.28. The van der Waals surface area contributed by atoms with Crippen LogP contribution in [0.3, 0.4) is 0 Å². The molecule has 0 aliphatic carbocycles. The molecule has 0 radical (unpaired) electrons. The molecule has 0 amide bonds. The van der Waals surface area contributed by atoms with E-state index in [0.29, 0.717) is 12.0 Å². The van der Waals surface area contributed by atoms with Crippen LogP contribution in [0.25, 0.3) is 0 Å². The molecular weight excluding hydrogens is 277 g/mol. The largest absolute Gasteiger partial charge is 0.534 e. The monoisotopic (exact) mass is 284 g/mol. The zero-order valence-electron chi connectivity index (χ0n) is 8.61. The number of hydrogen-bond donors (Lipinski definition) is 2. The summed E-state index contributed by atoms with van der Waals surface area (Å²) in [6, 6.07) is 0. The van der Waals surface area contributed by atoms with Crippen molar-refractivity contribution in [3.05, 3.63) is 35.8 Å². The van der Waals surface area contributed by atoms with Gasteiger partial charge in [0.2, 0.25) is 11.8 Å². The summed E-state index contributed by atoms with van der Waals surface area (Å²) in [6.07, 6.45) is 4.49. The van der Waals surface area contributed by atoms with Gasteiger partial charge in [-0.3, -0.25) is 10.9 Å². The number of hydrogen-bond acceptors (Lipinski definition) is 6. The summed E-state index contributed by atoms with van der Waals surface area (Å²) < 4.78 is 66.7. The van der Waals surface area contributed by atoms with Gasteiger partial charge in [-0.1, -0.05) is 0 Å². The molecular formula is C8H7F3N2O4S. The first-order chi connectivity index (χ1) is 8.29. The van der Waals surface area contributed by atoms with Crippen LogP contribution in [-0.2, 0) is 19.0 Å². The van der Waals surface area contributed by atoms with Crippen LogP contribution in [0.4, 0.5) is 13.2 Å². The van der Waals surface area contributed by atoms with Crippen LogP contribution in [-0.4, -0.2) is 13.9 Å². The number of hydrazine groups is 1. The van der Waals surface area contributed by atoms with Gasteiger partial charge in [-0.05, 0) is 12.5 Å². The average Bonchev–Trinajstić information content (AvgIpc) is 2.27. The topological polar surface area (TPSA) is 76.7 Å². The molecule has 2 N–H and O–H groups in total. The van der Waals surface area contributed by atoms with Gasteiger partial charge >= 0.3 is 15.6 Å². The van der Waals surface area contributed by atoms with Gasteiger partial charge in [0.25, 0.3) is 0 Å². The third-order valence-electron chi connectivity index (χ3n) is 2.00. The van der Waals surface area contributed by atoms with Crippen LogP contribution in [0.1, 0.15) is 6.42 Å². The van der Waals surface area contributed by atoms with Crippen molar-refractivity contribution in [3.8, 4) is 0 Å². The number of alkyl halides is 3. The van der Waals surface area contributed by atoms with Crippen LogP contribution in [0, 0.1) is 0 Å². The van der Waals surface area contributed by atoms with E-state index < -0.39 is 21.5 Å². The summed E-state index contributed by atoms with van der Waals surface area (Å²) in [4.78, 5) is 0. The minimum absolute atomic E-state index is 0.272. The lowest BCUT2D eigenvalue weighted by Gasteiger charge is -2.23. The maximum Gasteiger partial charge on any atom is 0.534 e. The van der Waals surface area contributed by atoms with E-state index in [1.54, 1.807) is 6.08 Å². The van der Waals surface area contributed by atoms with Gasteiger partial charge in [0.15, 0.2) is 0 Å². The summed E-state index contributed by atoms with van der Waals surface area (Å²) in [6.45, 7) is 0. The molecule has 100 valence electrons. The van der Waals surface area contributed by atoms with Crippen LogP contribution < -0.4 is 10.9 Å². The van der Waals surface area contributed by atoms with Crippen LogP contribution in [0.5, 0.6) is 0 Å². The molecule has 0 fully saturated rings. The van der Waals surface area contributed by atoms with Gasteiger partial charge < -0.3 is 8.92 Å². The van der Waals surface area contributed by atoms with E-state index in [0.717, 1.165) is 6.08 Å². The van der Waals surface area contributed by atoms with Crippen molar-refractivity contribution >= 4 is 10.1 Å². The summed E-state index contributed by atoms with van der Waals surface area (Å²) >= 11 is 0. The predicted octanol–water partition coefficient (Wildman–Crippen LogP) is 0.947. The van der Waals surface area contributed by atoms with Gasteiger partial charge in [0.1, 0.15) is 0 Å². The van der Waals surface area contributed by atoms with E-state index in [1.807, 2.05) is 0 Å². The minimum Gasteiger partial charge on any atom is -0.447 e.